The van der Waals surface area contributed by atoms with Gasteiger partial charge in [-0.25, -0.2) is 0 Å². The molecular formula is C13H13N3OS. The van der Waals surface area contributed by atoms with Crippen LogP contribution in [0.2, 0.25) is 0 Å². The first kappa shape index (κ1) is 12.5. The third-order valence-corrected chi connectivity index (χ3v) is 3.18. The van der Waals surface area contributed by atoms with E-state index in [4.69, 9.17) is 10.00 Å². The molecule has 1 aromatic heterocycles. The first-order valence-corrected chi connectivity index (χ1v) is 6.51. The number of rotatable bonds is 5. The van der Waals surface area contributed by atoms with Gasteiger partial charge in [-0.15, -0.1) is 11.8 Å². The summed E-state index contributed by atoms with van der Waals surface area (Å²) in [6.45, 7) is 0.606. The zero-order valence-corrected chi connectivity index (χ0v) is 10.9. The molecule has 1 aromatic carbocycles. The van der Waals surface area contributed by atoms with Crippen LogP contribution < -0.4 is 4.74 Å². The second-order valence-corrected chi connectivity index (χ2v) is 4.85. The molecule has 4 nitrogen and oxygen atoms in total. The zero-order valence-electron chi connectivity index (χ0n) is 10.0. The van der Waals surface area contributed by atoms with E-state index in [1.54, 1.807) is 28.6 Å². The molecule has 0 unspecified atom stereocenters. The van der Waals surface area contributed by atoms with E-state index in [0.29, 0.717) is 12.2 Å². The first-order chi connectivity index (χ1) is 8.78. The molecule has 0 aliphatic heterocycles. The molecule has 0 saturated heterocycles. The van der Waals surface area contributed by atoms with E-state index in [9.17, 15) is 0 Å². The summed E-state index contributed by atoms with van der Waals surface area (Å²) in [5.74, 6) is 1.59. The van der Waals surface area contributed by atoms with Crippen LogP contribution in [0, 0.1) is 11.3 Å². The Morgan fingerprint density at radius 3 is 3.11 bits per heavy atom. The van der Waals surface area contributed by atoms with Crippen molar-refractivity contribution in [1.82, 2.24) is 9.78 Å². The van der Waals surface area contributed by atoms with Gasteiger partial charge in [0.15, 0.2) is 0 Å². The highest BCUT2D eigenvalue weighted by atomic mass is 32.2. The van der Waals surface area contributed by atoms with E-state index in [2.05, 4.69) is 11.2 Å². The van der Waals surface area contributed by atoms with Gasteiger partial charge in [0.05, 0.1) is 24.4 Å². The lowest BCUT2D eigenvalue weighted by atomic mass is 10.2. The molecular weight excluding hydrogens is 246 g/mol. The second-order valence-electron chi connectivity index (χ2n) is 3.69. The maximum absolute atomic E-state index is 8.77. The van der Waals surface area contributed by atoms with E-state index in [-0.39, 0.29) is 0 Å². The van der Waals surface area contributed by atoms with Gasteiger partial charge in [-0.3, -0.25) is 4.68 Å². The maximum Gasteiger partial charge on any atom is 0.120 e. The zero-order chi connectivity index (χ0) is 12.8. The number of aromatic nitrogens is 2. The SMILES string of the molecule is Cn1cc(SCCOc2cccc(C#N)c2)cn1. The minimum absolute atomic E-state index is 0.606. The molecule has 2 aromatic rings. The molecule has 92 valence electrons. The molecule has 0 fully saturated rings. The minimum Gasteiger partial charge on any atom is -0.493 e. The van der Waals surface area contributed by atoms with Gasteiger partial charge in [-0.2, -0.15) is 10.4 Å². The first-order valence-electron chi connectivity index (χ1n) is 5.52. The third-order valence-electron chi connectivity index (χ3n) is 2.27. The molecule has 1 heterocycles. The summed E-state index contributed by atoms with van der Waals surface area (Å²) in [5.41, 5.74) is 0.618. The van der Waals surface area contributed by atoms with Crippen LogP contribution in [0.5, 0.6) is 5.75 Å². The van der Waals surface area contributed by atoms with Crippen molar-refractivity contribution in [3.8, 4) is 11.8 Å². The lowest BCUT2D eigenvalue weighted by Gasteiger charge is -2.05. The summed E-state index contributed by atoms with van der Waals surface area (Å²) in [6.07, 6.45) is 3.81. The van der Waals surface area contributed by atoms with Gasteiger partial charge in [-0.05, 0) is 18.2 Å². The van der Waals surface area contributed by atoms with Crippen LogP contribution in [0.4, 0.5) is 0 Å². The Morgan fingerprint density at radius 2 is 2.39 bits per heavy atom. The van der Waals surface area contributed by atoms with Crippen molar-refractivity contribution in [3.63, 3.8) is 0 Å². The molecule has 18 heavy (non-hydrogen) atoms. The van der Waals surface area contributed by atoms with Crippen molar-refractivity contribution in [2.75, 3.05) is 12.4 Å². The maximum atomic E-state index is 8.77. The Bertz CT molecular complexity index is 559. The lowest BCUT2D eigenvalue weighted by Crippen LogP contribution is -1.99. The molecule has 0 amide bonds. The highest BCUT2D eigenvalue weighted by Gasteiger charge is 1.99. The van der Waals surface area contributed by atoms with Crippen molar-refractivity contribution in [1.29, 1.82) is 5.26 Å². The largest absolute Gasteiger partial charge is 0.493 e. The molecule has 0 saturated carbocycles. The number of thioether (sulfide) groups is 1. The Labute approximate surface area is 110 Å². The van der Waals surface area contributed by atoms with Crippen molar-refractivity contribution >= 4 is 11.8 Å². The van der Waals surface area contributed by atoms with Crippen LogP contribution in [0.15, 0.2) is 41.6 Å². The van der Waals surface area contributed by atoms with Gasteiger partial charge in [-0.1, -0.05) is 6.07 Å². The minimum atomic E-state index is 0.606. The predicted molar refractivity (Wildman–Crippen MR) is 70.6 cm³/mol. The van der Waals surface area contributed by atoms with Gasteiger partial charge in [0.25, 0.3) is 0 Å². The predicted octanol–water partition coefficient (Wildman–Crippen LogP) is 2.46. The number of hydrogen-bond acceptors (Lipinski definition) is 4. The number of ether oxygens (including phenoxy) is 1. The van der Waals surface area contributed by atoms with E-state index < -0.39 is 0 Å². The topological polar surface area (TPSA) is 50.8 Å². The van der Waals surface area contributed by atoms with Gasteiger partial charge in [0, 0.05) is 23.9 Å². The van der Waals surface area contributed by atoms with Crippen molar-refractivity contribution in [2.24, 2.45) is 7.05 Å². The Morgan fingerprint density at radius 1 is 1.50 bits per heavy atom. The average molecular weight is 259 g/mol. The van der Waals surface area contributed by atoms with E-state index in [0.717, 1.165) is 16.4 Å². The Balaban J connectivity index is 1.77. The molecule has 0 N–H and O–H groups in total. The highest BCUT2D eigenvalue weighted by Crippen LogP contribution is 2.17. The van der Waals surface area contributed by atoms with E-state index in [1.807, 2.05) is 31.6 Å². The number of hydrogen-bond donors (Lipinski definition) is 0. The fourth-order valence-electron chi connectivity index (χ4n) is 1.45. The number of aryl methyl sites for hydroxylation is 1. The van der Waals surface area contributed by atoms with Crippen LogP contribution in [0.25, 0.3) is 0 Å². The Kier molecular flexibility index (Phi) is 4.26. The molecule has 5 heteroatoms. The summed E-state index contributed by atoms with van der Waals surface area (Å²) in [7, 11) is 1.90. The fraction of sp³-hybridized carbons (Fsp3) is 0.231. The molecule has 0 bridgehead atoms. The summed E-state index contributed by atoms with van der Waals surface area (Å²) in [6, 6.07) is 9.27. The number of nitriles is 1. The van der Waals surface area contributed by atoms with Gasteiger partial charge in [0.1, 0.15) is 5.75 Å². The highest BCUT2D eigenvalue weighted by molar-refractivity contribution is 7.99. The normalized spacial score (nSPS) is 10.0. The van der Waals surface area contributed by atoms with Crippen LogP contribution in [-0.4, -0.2) is 22.1 Å². The Hall–Kier alpha value is -1.93. The lowest BCUT2D eigenvalue weighted by molar-refractivity contribution is 0.344. The molecule has 2 rings (SSSR count). The molecule has 0 radical (unpaired) electrons. The summed E-state index contributed by atoms with van der Waals surface area (Å²) in [4.78, 5) is 1.13. The standard InChI is InChI=1S/C13H13N3OS/c1-16-10-13(9-15-16)18-6-5-17-12-4-2-3-11(7-12)8-14/h2-4,7,9-10H,5-6H2,1H3. The van der Waals surface area contributed by atoms with Crippen molar-refractivity contribution < 1.29 is 4.74 Å². The van der Waals surface area contributed by atoms with Crippen LogP contribution in [0.3, 0.4) is 0 Å². The third kappa shape index (κ3) is 3.54. The fourth-order valence-corrected chi connectivity index (χ4v) is 2.20. The molecule has 0 aliphatic rings. The summed E-state index contributed by atoms with van der Waals surface area (Å²) in [5, 5.41) is 12.9. The molecule has 0 spiro atoms. The van der Waals surface area contributed by atoms with E-state index >= 15 is 0 Å². The van der Waals surface area contributed by atoms with Crippen LogP contribution >= 0.6 is 11.8 Å². The van der Waals surface area contributed by atoms with Crippen molar-refractivity contribution in [2.45, 2.75) is 4.90 Å². The van der Waals surface area contributed by atoms with Crippen molar-refractivity contribution in [3.05, 3.63) is 42.2 Å². The van der Waals surface area contributed by atoms with E-state index in [1.165, 1.54) is 0 Å². The van der Waals surface area contributed by atoms with Gasteiger partial charge in [0.2, 0.25) is 0 Å². The van der Waals surface area contributed by atoms with Crippen LogP contribution in [-0.2, 0) is 7.05 Å². The monoisotopic (exact) mass is 259 g/mol. The second kappa shape index (κ2) is 6.12. The number of benzene rings is 1. The quantitative estimate of drug-likeness (QED) is 0.611. The van der Waals surface area contributed by atoms with Gasteiger partial charge >= 0.3 is 0 Å². The molecule has 0 aliphatic carbocycles. The van der Waals surface area contributed by atoms with Gasteiger partial charge < -0.3 is 4.74 Å². The molecule has 0 atom stereocenters. The average Bonchev–Trinajstić information content (AvgIpc) is 2.81. The summed E-state index contributed by atoms with van der Waals surface area (Å²) < 4.78 is 7.36. The van der Waals surface area contributed by atoms with Crippen LogP contribution in [0.1, 0.15) is 5.56 Å². The summed E-state index contributed by atoms with van der Waals surface area (Å²) >= 11 is 1.70. The smallest absolute Gasteiger partial charge is 0.120 e. The number of nitrogens with zero attached hydrogens (tertiary/aromatic N) is 3.